The van der Waals surface area contributed by atoms with Crippen LogP contribution in [0, 0.1) is 0 Å². The van der Waals surface area contributed by atoms with Crippen LogP contribution in [0.3, 0.4) is 0 Å². The van der Waals surface area contributed by atoms with E-state index in [1.165, 1.54) is 0 Å². The van der Waals surface area contributed by atoms with E-state index < -0.39 is 0 Å². The Morgan fingerprint density at radius 3 is 1.64 bits per heavy atom. The Labute approximate surface area is 82.5 Å². The predicted molar refractivity (Wildman–Crippen MR) is 53.9 cm³/mol. The predicted octanol–water partition coefficient (Wildman–Crippen LogP) is 1.54. The van der Waals surface area contributed by atoms with E-state index in [4.69, 9.17) is 0 Å². The van der Waals surface area contributed by atoms with Crippen LogP contribution in [0.25, 0.3) is 11.3 Å². The molecule has 0 atom stereocenters. The Morgan fingerprint density at radius 1 is 0.857 bits per heavy atom. The van der Waals surface area contributed by atoms with E-state index in [2.05, 4.69) is 19.9 Å². The summed E-state index contributed by atoms with van der Waals surface area (Å²) in [5, 5.41) is 0. The van der Waals surface area contributed by atoms with E-state index in [1.54, 1.807) is 12.4 Å². The van der Waals surface area contributed by atoms with Crippen LogP contribution < -0.4 is 0 Å². The second kappa shape index (κ2) is 3.65. The maximum Gasteiger partial charge on any atom is 0.198 e. The second-order valence-electron chi connectivity index (χ2n) is 3.08. The molecule has 0 aliphatic carbocycles. The van der Waals surface area contributed by atoms with Crippen molar-refractivity contribution in [1.82, 2.24) is 19.9 Å². The smallest absolute Gasteiger partial charge is 0.198 e. The Hall–Kier alpha value is -1.58. The highest BCUT2D eigenvalue weighted by atomic mass is 15.0. The lowest BCUT2D eigenvalue weighted by atomic mass is 10.3. The highest BCUT2D eigenvalue weighted by molar-refractivity contribution is 5.63. The van der Waals surface area contributed by atoms with Crippen LogP contribution in [0.1, 0.15) is 25.2 Å². The van der Waals surface area contributed by atoms with Gasteiger partial charge in [0, 0.05) is 0 Å². The first-order valence-electron chi connectivity index (χ1n) is 4.81. The zero-order chi connectivity index (χ0) is 9.97. The third kappa shape index (κ3) is 1.55. The molecule has 2 rings (SSSR count). The second-order valence-corrected chi connectivity index (χ2v) is 3.08. The van der Waals surface area contributed by atoms with E-state index >= 15 is 0 Å². The molecule has 0 amide bonds. The number of hydrogen-bond donors (Lipinski definition) is 0. The summed E-state index contributed by atoms with van der Waals surface area (Å²) in [5.41, 5.74) is 3.19. The minimum Gasteiger partial charge on any atom is -0.232 e. The lowest BCUT2D eigenvalue weighted by Crippen LogP contribution is -1.98. The van der Waals surface area contributed by atoms with E-state index in [0.717, 1.165) is 24.2 Å². The van der Waals surface area contributed by atoms with Gasteiger partial charge in [-0.05, 0) is 12.8 Å². The molecule has 0 radical (unpaired) electrons. The first kappa shape index (κ1) is 8.99. The SMILES string of the molecule is CCc1cnc2nc(CC)cnc2n1. The molecule has 14 heavy (non-hydrogen) atoms. The van der Waals surface area contributed by atoms with Crippen LogP contribution >= 0.6 is 0 Å². The molecule has 0 unspecified atom stereocenters. The molecule has 2 aromatic rings. The van der Waals surface area contributed by atoms with Gasteiger partial charge in [0.1, 0.15) is 0 Å². The van der Waals surface area contributed by atoms with Gasteiger partial charge >= 0.3 is 0 Å². The summed E-state index contributed by atoms with van der Waals surface area (Å²) >= 11 is 0. The number of hydrogen-bond acceptors (Lipinski definition) is 4. The lowest BCUT2D eigenvalue weighted by Gasteiger charge is -1.99. The number of nitrogens with zero attached hydrogens (tertiary/aromatic N) is 4. The van der Waals surface area contributed by atoms with E-state index in [0.29, 0.717) is 11.3 Å². The standard InChI is InChI=1S/C10H12N4/c1-3-7-5-11-10-9(13-7)12-6-8(4-2)14-10/h5-6H,3-4H2,1-2H3. The van der Waals surface area contributed by atoms with Crippen LogP contribution in [0.4, 0.5) is 0 Å². The van der Waals surface area contributed by atoms with Gasteiger partial charge in [-0.3, -0.25) is 0 Å². The monoisotopic (exact) mass is 188 g/mol. The molecule has 0 saturated carbocycles. The van der Waals surface area contributed by atoms with Gasteiger partial charge in [0.2, 0.25) is 0 Å². The van der Waals surface area contributed by atoms with E-state index in [9.17, 15) is 0 Å². The molecule has 0 saturated heterocycles. The van der Waals surface area contributed by atoms with Crippen molar-refractivity contribution >= 4 is 11.3 Å². The third-order valence-corrected chi connectivity index (χ3v) is 2.10. The minimum atomic E-state index is 0.640. The maximum atomic E-state index is 4.33. The highest BCUT2D eigenvalue weighted by Gasteiger charge is 2.01. The van der Waals surface area contributed by atoms with Crippen molar-refractivity contribution in [1.29, 1.82) is 0 Å². The van der Waals surface area contributed by atoms with Crippen molar-refractivity contribution in [2.24, 2.45) is 0 Å². The summed E-state index contributed by atoms with van der Waals surface area (Å²) in [6, 6.07) is 0. The minimum absolute atomic E-state index is 0.640. The lowest BCUT2D eigenvalue weighted by molar-refractivity contribution is 0.974. The van der Waals surface area contributed by atoms with Crippen LogP contribution in [0.15, 0.2) is 12.4 Å². The van der Waals surface area contributed by atoms with E-state index in [-0.39, 0.29) is 0 Å². The van der Waals surface area contributed by atoms with Gasteiger partial charge in [-0.25, -0.2) is 19.9 Å². The molecule has 4 heteroatoms. The van der Waals surface area contributed by atoms with Gasteiger partial charge in [0.15, 0.2) is 11.3 Å². The van der Waals surface area contributed by atoms with Crippen LogP contribution in [0.5, 0.6) is 0 Å². The molecule has 0 spiro atoms. The molecule has 0 aliphatic heterocycles. The number of aromatic nitrogens is 4. The molecule has 2 heterocycles. The largest absolute Gasteiger partial charge is 0.232 e. The zero-order valence-electron chi connectivity index (χ0n) is 8.36. The fourth-order valence-electron chi connectivity index (χ4n) is 1.21. The molecule has 0 bridgehead atoms. The van der Waals surface area contributed by atoms with Gasteiger partial charge in [-0.1, -0.05) is 13.8 Å². The molecule has 0 fully saturated rings. The van der Waals surface area contributed by atoms with Gasteiger partial charge in [-0.2, -0.15) is 0 Å². The van der Waals surface area contributed by atoms with Crippen LogP contribution in [-0.4, -0.2) is 19.9 Å². The third-order valence-electron chi connectivity index (χ3n) is 2.10. The summed E-state index contributed by atoms with van der Waals surface area (Å²) in [7, 11) is 0. The Bertz CT molecular complexity index is 410. The maximum absolute atomic E-state index is 4.33. The van der Waals surface area contributed by atoms with Crippen molar-refractivity contribution in [2.75, 3.05) is 0 Å². The van der Waals surface area contributed by atoms with Crippen molar-refractivity contribution < 1.29 is 0 Å². The molecule has 0 N–H and O–H groups in total. The average molecular weight is 188 g/mol. The normalized spacial score (nSPS) is 10.7. The Kier molecular flexibility index (Phi) is 2.35. The number of rotatable bonds is 2. The summed E-state index contributed by atoms with van der Waals surface area (Å²) in [4.78, 5) is 17.1. The first-order chi connectivity index (χ1) is 6.83. The van der Waals surface area contributed by atoms with Crippen LogP contribution in [0.2, 0.25) is 0 Å². The molecular weight excluding hydrogens is 176 g/mol. The summed E-state index contributed by atoms with van der Waals surface area (Å²) < 4.78 is 0. The van der Waals surface area contributed by atoms with Crippen LogP contribution in [-0.2, 0) is 12.8 Å². The first-order valence-corrected chi connectivity index (χ1v) is 4.81. The van der Waals surface area contributed by atoms with Crippen molar-refractivity contribution in [3.63, 3.8) is 0 Å². The molecular formula is C10H12N4. The average Bonchev–Trinajstić information content (AvgIpc) is 2.27. The highest BCUT2D eigenvalue weighted by Crippen LogP contribution is 2.05. The summed E-state index contributed by atoms with van der Waals surface area (Å²) in [6.45, 7) is 4.09. The van der Waals surface area contributed by atoms with Gasteiger partial charge < -0.3 is 0 Å². The van der Waals surface area contributed by atoms with Gasteiger partial charge in [0.05, 0.1) is 23.8 Å². The van der Waals surface area contributed by atoms with Crippen molar-refractivity contribution in [3.05, 3.63) is 23.8 Å². The molecule has 0 aromatic carbocycles. The fraction of sp³-hybridized carbons (Fsp3) is 0.400. The summed E-state index contributed by atoms with van der Waals surface area (Å²) in [5.74, 6) is 0. The summed E-state index contributed by atoms with van der Waals surface area (Å²) in [6.07, 6.45) is 5.27. The molecule has 0 aliphatic rings. The van der Waals surface area contributed by atoms with Crippen molar-refractivity contribution in [3.8, 4) is 0 Å². The van der Waals surface area contributed by atoms with Gasteiger partial charge in [-0.15, -0.1) is 0 Å². The molecule has 72 valence electrons. The molecule has 2 aromatic heterocycles. The zero-order valence-corrected chi connectivity index (χ0v) is 8.36. The fourth-order valence-corrected chi connectivity index (χ4v) is 1.21. The Balaban J connectivity index is 2.57. The van der Waals surface area contributed by atoms with Gasteiger partial charge in [0.25, 0.3) is 0 Å². The molecule has 4 nitrogen and oxygen atoms in total. The number of fused-ring (bicyclic) bond motifs is 1. The quantitative estimate of drug-likeness (QED) is 0.717. The Morgan fingerprint density at radius 2 is 1.29 bits per heavy atom. The topological polar surface area (TPSA) is 51.6 Å². The van der Waals surface area contributed by atoms with Crippen molar-refractivity contribution in [2.45, 2.75) is 26.7 Å². The number of aryl methyl sites for hydroxylation is 2. The van der Waals surface area contributed by atoms with E-state index in [1.807, 2.05) is 13.8 Å².